The molecule has 1 N–H and O–H groups in total. The molecule has 0 radical (unpaired) electrons. The number of nitrogens with one attached hydrogen (secondary N) is 1. The van der Waals surface area contributed by atoms with Crippen molar-refractivity contribution in [3.63, 3.8) is 0 Å². The van der Waals surface area contributed by atoms with Crippen molar-refractivity contribution < 1.29 is 23.5 Å². The van der Waals surface area contributed by atoms with Crippen molar-refractivity contribution in [1.82, 2.24) is 5.32 Å². The fourth-order valence-electron chi connectivity index (χ4n) is 2.75. The van der Waals surface area contributed by atoms with E-state index in [-0.39, 0.29) is 19.0 Å². The summed E-state index contributed by atoms with van der Waals surface area (Å²) >= 11 is 0. The lowest BCUT2D eigenvalue weighted by molar-refractivity contribution is -0.156. The van der Waals surface area contributed by atoms with Crippen LogP contribution in [0.4, 0.5) is 4.39 Å². The van der Waals surface area contributed by atoms with E-state index in [0.29, 0.717) is 5.75 Å². The van der Waals surface area contributed by atoms with Crippen molar-refractivity contribution in [3.8, 4) is 5.75 Å². The Kier molecular flexibility index (Phi) is 6.93. The second-order valence-corrected chi connectivity index (χ2v) is 6.49. The van der Waals surface area contributed by atoms with Crippen LogP contribution in [0, 0.1) is 26.6 Å². The Morgan fingerprint density at radius 2 is 1.67 bits per heavy atom. The minimum absolute atomic E-state index is 0.221. The molecule has 0 saturated heterocycles. The molecular weight excluding hydrogens is 349 g/mol. The summed E-state index contributed by atoms with van der Waals surface area (Å²) in [5.74, 6) is -0.758. The third-order valence-electron chi connectivity index (χ3n) is 4.00. The molecule has 6 heteroatoms. The number of amides is 1. The lowest BCUT2D eigenvalue weighted by Crippen LogP contribution is -2.36. The number of hydrogen-bond donors (Lipinski definition) is 1. The van der Waals surface area contributed by atoms with Gasteiger partial charge in [0, 0.05) is 6.54 Å². The number of benzene rings is 2. The van der Waals surface area contributed by atoms with Gasteiger partial charge in [-0.15, -0.1) is 0 Å². The molecule has 0 heterocycles. The van der Waals surface area contributed by atoms with Crippen LogP contribution in [-0.2, 0) is 20.9 Å². The molecule has 0 aliphatic carbocycles. The number of hydrogen-bond acceptors (Lipinski definition) is 4. The van der Waals surface area contributed by atoms with Crippen LogP contribution >= 0.6 is 0 Å². The molecule has 1 amide bonds. The highest BCUT2D eigenvalue weighted by atomic mass is 19.1. The van der Waals surface area contributed by atoms with Crippen LogP contribution in [0.25, 0.3) is 0 Å². The van der Waals surface area contributed by atoms with Gasteiger partial charge in [-0.1, -0.05) is 29.8 Å². The number of carbonyl (C=O) groups excluding carboxylic acids is 2. The fourth-order valence-corrected chi connectivity index (χ4v) is 2.75. The van der Waals surface area contributed by atoms with E-state index in [9.17, 15) is 14.0 Å². The number of esters is 1. The van der Waals surface area contributed by atoms with Gasteiger partial charge in [-0.2, -0.15) is 0 Å². The summed E-state index contributed by atoms with van der Waals surface area (Å²) in [5.41, 5.74) is 3.74. The number of halogens is 1. The Labute approximate surface area is 158 Å². The quantitative estimate of drug-likeness (QED) is 0.756. The molecule has 27 heavy (non-hydrogen) atoms. The molecule has 5 nitrogen and oxygen atoms in total. The highest BCUT2D eigenvalue weighted by Crippen LogP contribution is 2.24. The standard InChI is InChI=1S/C21H24FNO4/c1-13-9-14(2)20(15(3)10-13)26-12-19(24)27-16(4)21(25)23-11-17-5-7-18(22)8-6-17/h5-10,16H,11-12H2,1-4H3,(H,23,25)/t16-/m0/s1. The van der Waals surface area contributed by atoms with Crippen LogP contribution in [0.1, 0.15) is 29.2 Å². The molecular formula is C21H24FNO4. The summed E-state index contributed by atoms with van der Waals surface area (Å²) in [6.45, 7) is 7.24. The minimum Gasteiger partial charge on any atom is -0.481 e. The average Bonchev–Trinajstić information content (AvgIpc) is 2.59. The lowest BCUT2D eigenvalue weighted by atomic mass is 10.1. The van der Waals surface area contributed by atoms with Crippen LogP contribution in [0.2, 0.25) is 0 Å². The van der Waals surface area contributed by atoms with Gasteiger partial charge in [-0.25, -0.2) is 9.18 Å². The van der Waals surface area contributed by atoms with Gasteiger partial charge in [0.15, 0.2) is 12.7 Å². The molecule has 2 rings (SSSR count). The summed E-state index contributed by atoms with van der Waals surface area (Å²) in [4.78, 5) is 24.0. The van der Waals surface area contributed by atoms with Crippen molar-refractivity contribution in [3.05, 3.63) is 64.5 Å². The van der Waals surface area contributed by atoms with Gasteiger partial charge in [0.2, 0.25) is 0 Å². The van der Waals surface area contributed by atoms with Gasteiger partial charge in [0.1, 0.15) is 11.6 Å². The summed E-state index contributed by atoms with van der Waals surface area (Å²) in [5, 5.41) is 2.64. The van der Waals surface area contributed by atoms with E-state index in [2.05, 4.69) is 5.32 Å². The first-order valence-corrected chi connectivity index (χ1v) is 8.68. The van der Waals surface area contributed by atoms with Gasteiger partial charge in [-0.05, 0) is 56.5 Å². The molecule has 0 aliphatic rings. The molecule has 144 valence electrons. The Bertz CT molecular complexity index is 794. The average molecular weight is 373 g/mol. The summed E-state index contributed by atoms with van der Waals surface area (Å²) < 4.78 is 23.5. The third-order valence-corrected chi connectivity index (χ3v) is 4.00. The molecule has 0 fully saturated rings. The first-order chi connectivity index (χ1) is 12.8. The molecule has 1 atom stereocenters. The molecule has 2 aromatic rings. The number of ether oxygens (including phenoxy) is 2. The van der Waals surface area contributed by atoms with Crippen molar-refractivity contribution in [2.75, 3.05) is 6.61 Å². The first kappa shape index (κ1) is 20.4. The summed E-state index contributed by atoms with van der Waals surface area (Å²) in [6.07, 6.45) is -0.957. The smallest absolute Gasteiger partial charge is 0.344 e. The first-order valence-electron chi connectivity index (χ1n) is 8.68. The van der Waals surface area contributed by atoms with Crippen LogP contribution in [0.3, 0.4) is 0 Å². The number of rotatable bonds is 7. The maximum absolute atomic E-state index is 12.9. The maximum Gasteiger partial charge on any atom is 0.344 e. The molecule has 0 spiro atoms. The van der Waals surface area contributed by atoms with Gasteiger partial charge < -0.3 is 14.8 Å². The van der Waals surface area contributed by atoms with E-state index in [1.807, 2.05) is 32.9 Å². The van der Waals surface area contributed by atoms with Crippen molar-refractivity contribution in [1.29, 1.82) is 0 Å². The monoisotopic (exact) mass is 373 g/mol. The minimum atomic E-state index is -0.957. The van der Waals surface area contributed by atoms with E-state index in [4.69, 9.17) is 9.47 Å². The molecule has 0 unspecified atom stereocenters. The van der Waals surface area contributed by atoms with Crippen LogP contribution in [0.5, 0.6) is 5.75 Å². The Hall–Kier alpha value is -2.89. The molecule has 0 aliphatic heterocycles. The molecule has 0 saturated carbocycles. The zero-order valence-electron chi connectivity index (χ0n) is 16.0. The Balaban J connectivity index is 1.80. The predicted octanol–water partition coefficient (Wildman–Crippen LogP) is 3.38. The number of aryl methyl sites for hydroxylation is 3. The highest BCUT2D eigenvalue weighted by Gasteiger charge is 2.18. The fraction of sp³-hybridized carbons (Fsp3) is 0.333. The third kappa shape index (κ3) is 6.09. The molecule has 0 aromatic heterocycles. The van der Waals surface area contributed by atoms with Crippen LogP contribution < -0.4 is 10.1 Å². The lowest BCUT2D eigenvalue weighted by Gasteiger charge is -2.15. The second kappa shape index (κ2) is 9.16. The van der Waals surface area contributed by atoms with Gasteiger partial charge in [0.25, 0.3) is 5.91 Å². The van der Waals surface area contributed by atoms with E-state index >= 15 is 0 Å². The topological polar surface area (TPSA) is 64.6 Å². The second-order valence-electron chi connectivity index (χ2n) is 6.49. The zero-order valence-corrected chi connectivity index (χ0v) is 16.0. The van der Waals surface area contributed by atoms with Crippen LogP contribution in [0.15, 0.2) is 36.4 Å². The van der Waals surface area contributed by atoms with Gasteiger partial charge >= 0.3 is 5.97 Å². The normalized spacial score (nSPS) is 11.6. The maximum atomic E-state index is 12.9. The Morgan fingerprint density at radius 1 is 1.07 bits per heavy atom. The van der Waals surface area contributed by atoms with Crippen molar-refractivity contribution in [2.45, 2.75) is 40.3 Å². The van der Waals surface area contributed by atoms with E-state index in [1.165, 1.54) is 19.1 Å². The molecule has 0 bridgehead atoms. The van der Waals surface area contributed by atoms with Gasteiger partial charge in [-0.3, -0.25) is 4.79 Å². The van der Waals surface area contributed by atoms with Crippen LogP contribution in [-0.4, -0.2) is 24.6 Å². The number of carbonyl (C=O) groups is 2. The summed E-state index contributed by atoms with van der Waals surface area (Å²) in [6, 6.07) is 9.73. The van der Waals surface area contributed by atoms with Gasteiger partial charge in [0.05, 0.1) is 0 Å². The predicted molar refractivity (Wildman–Crippen MR) is 99.9 cm³/mol. The highest BCUT2D eigenvalue weighted by molar-refractivity contribution is 5.83. The van der Waals surface area contributed by atoms with E-state index in [0.717, 1.165) is 22.3 Å². The van der Waals surface area contributed by atoms with Crippen molar-refractivity contribution >= 4 is 11.9 Å². The van der Waals surface area contributed by atoms with Crippen molar-refractivity contribution in [2.24, 2.45) is 0 Å². The summed E-state index contributed by atoms with van der Waals surface area (Å²) in [7, 11) is 0. The largest absolute Gasteiger partial charge is 0.481 e. The van der Waals surface area contributed by atoms with E-state index in [1.54, 1.807) is 12.1 Å². The molecule has 2 aromatic carbocycles. The SMILES string of the molecule is Cc1cc(C)c(OCC(=O)O[C@@H](C)C(=O)NCc2ccc(F)cc2)c(C)c1. The van der Waals surface area contributed by atoms with E-state index < -0.39 is 18.0 Å². The Morgan fingerprint density at radius 3 is 2.26 bits per heavy atom. The zero-order chi connectivity index (χ0) is 20.0.